The lowest BCUT2D eigenvalue weighted by atomic mass is 10.1. The summed E-state index contributed by atoms with van der Waals surface area (Å²) in [4.78, 5) is 35.0. The quantitative estimate of drug-likeness (QED) is 0.729. The van der Waals surface area contributed by atoms with Gasteiger partial charge in [0, 0.05) is 12.1 Å². The van der Waals surface area contributed by atoms with Crippen LogP contribution in [-0.2, 0) is 16.0 Å². The van der Waals surface area contributed by atoms with E-state index < -0.39 is 18.0 Å². The van der Waals surface area contributed by atoms with Crippen molar-refractivity contribution in [3.8, 4) is 0 Å². The van der Waals surface area contributed by atoms with Crippen LogP contribution in [0, 0.1) is 5.82 Å². The molecule has 7 heteroatoms. The summed E-state index contributed by atoms with van der Waals surface area (Å²) in [5.74, 6) is -1.03. The molecule has 2 aromatic carbocycles. The normalized spacial score (nSPS) is 16.3. The molecular formula is C18H16FN3O3. The van der Waals surface area contributed by atoms with E-state index in [0.717, 1.165) is 0 Å². The van der Waals surface area contributed by atoms with Gasteiger partial charge in [-0.25, -0.2) is 9.18 Å². The highest BCUT2D eigenvalue weighted by Gasteiger charge is 2.30. The van der Waals surface area contributed by atoms with Gasteiger partial charge >= 0.3 is 6.03 Å². The average molecular weight is 341 g/mol. The summed E-state index contributed by atoms with van der Waals surface area (Å²) in [6.45, 7) is 0. The monoisotopic (exact) mass is 341 g/mol. The largest absolute Gasteiger partial charge is 0.326 e. The molecule has 0 saturated carbocycles. The maximum Gasteiger partial charge on any atom is 0.322 e. The Labute approximate surface area is 143 Å². The van der Waals surface area contributed by atoms with Gasteiger partial charge < -0.3 is 10.6 Å². The van der Waals surface area contributed by atoms with Crippen LogP contribution in [0.2, 0.25) is 0 Å². The zero-order valence-corrected chi connectivity index (χ0v) is 13.2. The van der Waals surface area contributed by atoms with Gasteiger partial charge in [0.25, 0.3) is 5.91 Å². The molecule has 0 radical (unpaired) electrons. The van der Waals surface area contributed by atoms with Crippen LogP contribution in [0.1, 0.15) is 23.6 Å². The fourth-order valence-electron chi connectivity index (χ4n) is 2.62. The number of nitrogens with one attached hydrogen (secondary N) is 3. The lowest BCUT2D eigenvalue weighted by molar-refractivity contribution is -0.120. The third-order valence-corrected chi connectivity index (χ3v) is 3.86. The van der Waals surface area contributed by atoms with Gasteiger partial charge in [-0.15, -0.1) is 0 Å². The van der Waals surface area contributed by atoms with Crippen molar-refractivity contribution in [2.24, 2.45) is 0 Å². The van der Waals surface area contributed by atoms with Gasteiger partial charge in [0.1, 0.15) is 11.9 Å². The SMILES string of the molecule is O=C(CCc1ccccc1F)Nc1cccc(C2NC(=O)NC2=O)c1. The van der Waals surface area contributed by atoms with E-state index in [4.69, 9.17) is 0 Å². The molecule has 6 nitrogen and oxygen atoms in total. The Balaban J connectivity index is 1.62. The third-order valence-electron chi connectivity index (χ3n) is 3.86. The van der Waals surface area contributed by atoms with Crippen LogP contribution >= 0.6 is 0 Å². The van der Waals surface area contributed by atoms with Crippen molar-refractivity contribution < 1.29 is 18.8 Å². The summed E-state index contributed by atoms with van der Waals surface area (Å²) < 4.78 is 13.6. The summed E-state index contributed by atoms with van der Waals surface area (Å²) in [6, 6.07) is 11.7. The molecule has 0 aromatic heterocycles. The Bertz CT molecular complexity index is 838. The maximum atomic E-state index is 13.6. The fraction of sp³-hybridized carbons (Fsp3) is 0.167. The second-order valence-corrected chi connectivity index (χ2v) is 5.66. The van der Waals surface area contributed by atoms with Crippen LogP contribution in [0.3, 0.4) is 0 Å². The van der Waals surface area contributed by atoms with Gasteiger partial charge in [0.05, 0.1) is 0 Å². The number of hydrogen-bond acceptors (Lipinski definition) is 3. The predicted molar refractivity (Wildman–Crippen MR) is 89.2 cm³/mol. The standard InChI is InChI=1S/C18H16FN3O3/c19-14-7-2-1-4-11(14)8-9-15(23)20-13-6-3-5-12(10-13)16-17(24)22-18(25)21-16/h1-7,10,16H,8-9H2,(H,20,23)(H2,21,22,24,25). The molecule has 1 fully saturated rings. The number of anilines is 1. The Morgan fingerprint density at radius 3 is 2.64 bits per heavy atom. The third kappa shape index (κ3) is 4.00. The smallest absolute Gasteiger partial charge is 0.322 e. The van der Waals surface area contributed by atoms with E-state index in [1.807, 2.05) is 0 Å². The van der Waals surface area contributed by atoms with Crippen molar-refractivity contribution in [1.29, 1.82) is 0 Å². The number of imide groups is 1. The minimum absolute atomic E-state index is 0.131. The van der Waals surface area contributed by atoms with Crippen molar-refractivity contribution in [1.82, 2.24) is 10.6 Å². The summed E-state index contributed by atoms with van der Waals surface area (Å²) in [7, 11) is 0. The molecule has 0 bridgehead atoms. The van der Waals surface area contributed by atoms with Gasteiger partial charge in [-0.1, -0.05) is 30.3 Å². The van der Waals surface area contributed by atoms with E-state index in [0.29, 0.717) is 23.2 Å². The van der Waals surface area contributed by atoms with Crippen LogP contribution in [-0.4, -0.2) is 17.8 Å². The number of aryl methyl sites for hydroxylation is 1. The van der Waals surface area contributed by atoms with E-state index in [9.17, 15) is 18.8 Å². The molecular weight excluding hydrogens is 325 g/mol. The minimum atomic E-state index is -0.775. The molecule has 1 heterocycles. The number of hydrogen-bond donors (Lipinski definition) is 3. The molecule has 1 aliphatic rings. The number of urea groups is 1. The van der Waals surface area contributed by atoms with Crippen molar-refractivity contribution in [3.63, 3.8) is 0 Å². The second kappa shape index (κ2) is 7.12. The van der Waals surface area contributed by atoms with Crippen LogP contribution in [0.5, 0.6) is 0 Å². The van der Waals surface area contributed by atoms with Crippen molar-refractivity contribution in [2.75, 3.05) is 5.32 Å². The van der Waals surface area contributed by atoms with Gasteiger partial charge in [-0.05, 0) is 35.7 Å². The van der Waals surface area contributed by atoms with Crippen LogP contribution < -0.4 is 16.0 Å². The van der Waals surface area contributed by atoms with Crippen molar-refractivity contribution in [2.45, 2.75) is 18.9 Å². The van der Waals surface area contributed by atoms with Crippen LogP contribution in [0.4, 0.5) is 14.9 Å². The van der Waals surface area contributed by atoms with Crippen LogP contribution in [0.25, 0.3) is 0 Å². The Hall–Kier alpha value is -3.22. The lowest BCUT2D eigenvalue weighted by Gasteiger charge is -2.11. The Kier molecular flexibility index (Phi) is 4.74. The van der Waals surface area contributed by atoms with E-state index in [1.165, 1.54) is 6.07 Å². The molecule has 0 spiro atoms. The first-order valence-corrected chi connectivity index (χ1v) is 7.77. The number of amides is 4. The van der Waals surface area contributed by atoms with Gasteiger partial charge in [-0.3, -0.25) is 14.9 Å². The molecule has 1 atom stereocenters. The number of carbonyl (C=O) groups is 3. The van der Waals surface area contributed by atoms with E-state index in [1.54, 1.807) is 42.5 Å². The molecule has 1 unspecified atom stereocenters. The fourth-order valence-corrected chi connectivity index (χ4v) is 2.62. The Morgan fingerprint density at radius 2 is 1.92 bits per heavy atom. The molecule has 0 aliphatic carbocycles. The molecule has 1 saturated heterocycles. The Morgan fingerprint density at radius 1 is 1.12 bits per heavy atom. The van der Waals surface area contributed by atoms with E-state index >= 15 is 0 Å². The molecule has 3 N–H and O–H groups in total. The van der Waals surface area contributed by atoms with Gasteiger partial charge in [0.2, 0.25) is 5.91 Å². The minimum Gasteiger partial charge on any atom is -0.326 e. The zero-order valence-electron chi connectivity index (χ0n) is 13.2. The highest BCUT2D eigenvalue weighted by Crippen LogP contribution is 2.20. The maximum absolute atomic E-state index is 13.6. The summed E-state index contributed by atoms with van der Waals surface area (Å²) in [5, 5.41) is 7.37. The average Bonchev–Trinajstić information content (AvgIpc) is 2.93. The molecule has 4 amide bonds. The van der Waals surface area contributed by atoms with Gasteiger partial charge in [-0.2, -0.15) is 0 Å². The lowest BCUT2D eigenvalue weighted by Crippen LogP contribution is -2.22. The first-order valence-electron chi connectivity index (χ1n) is 7.77. The number of benzene rings is 2. The number of carbonyl (C=O) groups excluding carboxylic acids is 3. The van der Waals surface area contributed by atoms with Gasteiger partial charge in [0.15, 0.2) is 0 Å². The topological polar surface area (TPSA) is 87.3 Å². The summed E-state index contributed by atoms with van der Waals surface area (Å²) >= 11 is 0. The predicted octanol–water partition coefficient (Wildman–Crippen LogP) is 2.28. The molecule has 25 heavy (non-hydrogen) atoms. The van der Waals surface area contributed by atoms with E-state index in [2.05, 4.69) is 16.0 Å². The first kappa shape index (κ1) is 16.6. The summed E-state index contributed by atoms with van der Waals surface area (Å²) in [6.07, 6.45) is 0.422. The zero-order chi connectivity index (χ0) is 17.8. The van der Waals surface area contributed by atoms with Crippen molar-refractivity contribution >= 4 is 23.5 Å². The van der Waals surface area contributed by atoms with Crippen LogP contribution in [0.15, 0.2) is 48.5 Å². The molecule has 1 aliphatic heterocycles. The molecule has 128 valence electrons. The summed E-state index contributed by atoms with van der Waals surface area (Å²) in [5.41, 5.74) is 1.55. The van der Waals surface area contributed by atoms with E-state index in [-0.39, 0.29) is 18.1 Å². The highest BCUT2D eigenvalue weighted by atomic mass is 19.1. The molecule has 2 aromatic rings. The highest BCUT2D eigenvalue weighted by molar-refractivity contribution is 6.04. The van der Waals surface area contributed by atoms with Crippen molar-refractivity contribution in [3.05, 3.63) is 65.5 Å². The number of halogens is 1. The second-order valence-electron chi connectivity index (χ2n) is 5.66. The number of rotatable bonds is 5. The first-order chi connectivity index (χ1) is 12.0. The molecule has 3 rings (SSSR count).